The smallest absolute Gasteiger partial charge is 0.237 e. The molecule has 4 aromatic heterocycles. The number of aromatic nitrogens is 5. The lowest BCUT2D eigenvalue weighted by atomic mass is 10.1. The molecule has 0 fully saturated rings. The van der Waals surface area contributed by atoms with Gasteiger partial charge in [-0.2, -0.15) is 5.10 Å². The minimum absolute atomic E-state index is 0.0175. The van der Waals surface area contributed by atoms with Crippen LogP contribution in [0.15, 0.2) is 42.0 Å². The molecule has 0 saturated carbocycles. The van der Waals surface area contributed by atoms with E-state index in [0.29, 0.717) is 23.8 Å². The van der Waals surface area contributed by atoms with Crippen molar-refractivity contribution < 1.29 is 9.84 Å². The number of anilines is 2. The van der Waals surface area contributed by atoms with Gasteiger partial charge in [0.15, 0.2) is 0 Å². The van der Waals surface area contributed by atoms with Crippen LogP contribution < -0.4 is 10.1 Å². The first-order valence-corrected chi connectivity index (χ1v) is 10.3. The summed E-state index contributed by atoms with van der Waals surface area (Å²) in [4.78, 5) is 13.4. The summed E-state index contributed by atoms with van der Waals surface area (Å²) in [6.45, 7) is 3.81. The highest BCUT2D eigenvalue weighted by molar-refractivity contribution is 7.13. The molecule has 4 aromatic rings. The van der Waals surface area contributed by atoms with Crippen molar-refractivity contribution in [3.8, 4) is 22.3 Å². The first kappa shape index (κ1) is 20.0. The minimum atomic E-state index is -0.0175. The molecular weight excluding hydrogens is 400 g/mol. The third-order valence-electron chi connectivity index (χ3n) is 4.52. The number of thiazole rings is 1. The summed E-state index contributed by atoms with van der Waals surface area (Å²) >= 11 is 1.54. The average Bonchev–Trinajstić information content (AvgIpc) is 3.42. The molecule has 0 amide bonds. The Morgan fingerprint density at radius 3 is 2.77 bits per heavy atom. The summed E-state index contributed by atoms with van der Waals surface area (Å²) in [6, 6.07) is 7.69. The van der Waals surface area contributed by atoms with E-state index in [-0.39, 0.29) is 6.61 Å². The lowest BCUT2D eigenvalue weighted by Crippen LogP contribution is -2.10. The van der Waals surface area contributed by atoms with E-state index in [2.05, 4.69) is 20.3 Å². The van der Waals surface area contributed by atoms with Crippen LogP contribution in [0.1, 0.15) is 17.0 Å². The Labute approximate surface area is 178 Å². The lowest BCUT2D eigenvalue weighted by molar-refractivity contribution is 0.299. The third kappa shape index (κ3) is 4.03. The molecule has 0 spiro atoms. The number of aliphatic hydroxyl groups is 1. The normalized spacial score (nSPS) is 10.9. The van der Waals surface area contributed by atoms with Crippen LogP contribution in [0.2, 0.25) is 0 Å². The molecule has 0 atom stereocenters. The summed E-state index contributed by atoms with van der Waals surface area (Å²) in [5.74, 6) is 1.12. The van der Waals surface area contributed by atoms with E-state index in [0.717, 1.165) is 33.3 Å². The molecule has 0 aliphatic carbocycles. The van der Waals surface area contributed by atoms with Gasteiger partial charge in [-0.25, -0.2) is 19.6 Å². The fourth-order valence-electron chi connectivity index (χ4n) is 3.18. The van der Waals surface area contributed by atoms with E-state index >= 15 is 0 Å². The first-order chi connectivity index (χ1) is 14.6. The highest BCUT2D eigenvalue weighted by Crippen LogP contribution is 2.31. The zero-order chi connectivity index (χ0) is 21.1. The summed E-state index contributed by atoms with van der Waals surface area (Å²) in [5.41, 5.74) is 4.88. The van der Waals surface area contributed by atoms with E-state index in [1.165, 1.54) is 11.3 Å². The molecule has 154 valence electrons. The molecule has 4 heterocycles. The standard InChI is InChI=1S/C21H22N6O2S/c1-13-4-5-16(20(24-13)29-3)25-19-15(7-10-28)18(12-14(2)23-19)27-9-6-17(26-27)21-22-8-11-30-21/h4-6,8-9,11-12,28H,7,10H2,1-3H3,(H,23,25). The highest BCUT2D eigenvalue weighted by atomic mass is 32.1. The number of aliphatic hydroxyl groups excluding tert-OH is 1. The Morgan fingerprint density at radius 2 is 2.03 bits per heavy atom. The Balaban J connectivity index is 1.78. The van der Waals surface area contributed by atoms with Crippen LogP contribution in [0.25, 0.3) is 16.4 Å². The highest BCUT2D eigenvalue weighted by Gasteiger charge is 2.17. The van der Waals surface area contributed by atoms with Crippen molar-refractivity contribution in [1.82, 2.24) is 24.7 Å². The van der Waals surface area contributed by atoms with Crippen LogP contribution >= 0.6 is 11.3 Å². The number of hydrogen-bond donors (Lipinski definition) is 2. The number of ether oxygens (including phenoxy) is 1. The maximum absolute atomic E-state index is 9.71. The van der Waals surface area contributed by atoms with Gasteiger partial charge in [0.2, 0.25) is 5.88 Å². The Kier molecular flexibility index (Phi) is 5.73. The lowest BCUT2D eigenvalue weighted by Gasteiger charge is -2.17. The molecule has 0 radical (unpaired) electrons. The molecule has 0 aromatic carbocycles. The van der Waals surface area contributed by atoms with Gasteiger partial charge in [-0.15, -0.1) is 11.3 Å². The Bertz CT molecular complexity index is 1160. The zero-order valence-corrected chi connectivity index (χ0v) is 17.8. The molecule has 0 aliphatic rings. The molecule has 30 heavy (non-hydrogen) atoms. The van der Waals surface area contributed by atoms with E-state index in [4.69, 9.17) is 9.84 Å². The van der Waals surface area contributed by atoms with Crippen LogP contribution in [0.5, 0.6) is 5.88 Å². The number of methoxy groups -OCH3 is 1. The fraction of sp³-hybridized carbons (Fsp3) is 0.238. The largest absolute Gasteiger partial charge is 0.480 e. The maximum Gasteiger partial charge on any atom is 0.237 e. The molecule has 4 rings (SSSR count). The summed E-state index contributed by atoms with van der Waals surface area (Å²) in [6.07, 6.45) is 4.07. The molecule has 2 N–H and O–H groups in total. The average molecular weight is 423 g/mol. The summed E-state index contributed by atoms with van der Waals surface area (Å²) in [5, 5.41) is 20.5. The van der Waals surface area contributed by atoms with Crippen LogP contribution in [0.4, 0.5) is 11.5 Å². The molecule has 0 aliphatic heterocycles. The van der Waals surface area contributed by atoms with Crippen molar-refractivity contribution in [2.75, 3.05) is 19.0 Å². The van der Waals surface area contributed by atoms with Crippen molar-refractivity contribution in [3.63, 3.8) is 0 Å². The van der Waals surface area contributed by atoms with Crippen LogP contribution in [0.3, 0.4) is 0 Å². The van der Waals surface area contributed by atoms with Gasteiger partial charge in [0, 0.05) is 47.8 Å². The second kappa shape index (κ2) is 8.60. The van der Waals surface area contributed by atoms with Gasteiger partial charge in [0.05, 0.1) is 12.8 Å². The summed E-state index contributed by atoms with van der Waals surface area (Å²) < 4.78 is 7.21. The zero-order valence-electron chi connectivity index (χ0n) is 17.0. The van der Waals surface area contributed by atoms with Gasteiger partial charge in [0.25, 0.3) is 0 Å². The number of nitrogens with one attached hydrogen (secondary N) is 1. The summed E-state index contributed by atoms with van der Waals surface area (Å²) in [7, 11) is 1.58. The van der Waals surface area contributed by atoms with Gasteiger partial charge in [-0.3, -0.25) is 0 Å². The second-order valence-corrected chi connectivity index (χ2v) is 7.60. The van der Waals surface area contributed by atoms with Crippen LogP contribution in [-0.2, 0) is 6.42 Å². The van der Waals surface area contributed by atoms with Gasteiger partial charge in [0.1, 0.15) is 22.2 Å². The van der Waals surface area contributed by atoms with E-state index in [9.17, 15) is 5.11 Å². The Morgan fingerprint density at radius 1 is 1.17 bits per heavy atom. The van der Waals surface area contributed by atoms with E-state index in [1.54, 1.807) is 18.0 Å². The third-order valence-corrected chi connectivity index (χ3v) is 5.32. The monoisotopic (exact) mass is 422 g/mol. The van der Waals surface area contributed by atoms with E-state index < -0.39 is 0 Å². The number of hydrogen-bond acceptors (Lipinski definition) is 8. The van der Waals surface area contributed by atoms with Gasteiger partial charge >= 0.3 is 0 Å². The van der Waals surface area contributed by atoms with Crippen molar-refractivity contribution in [2.45, 2.75) is 20.3 Å². The molecule has 0 bridgehead atoms. The number of rotatable bonds is 7. The first-order valence-electron chi connectivity index (χ1n) is 9.45. The Hall–Kier alpha value is -3.30. The SMILES string of the molecule is COc1nc(C)ccc1Nc1nc(C)cc(-n2ccc(-c3nccs3)n2)c1CCO. The maximum atomic E-state index is 9.71. The van der Waals surface area contributed by atoms with Crippen molar-refractivity contribution in [1.29, 1.82) is 0 Å². The quantitative estimate of drug-likeness (QED) is 0.469. The van der Waals surface area contributed by atoms with E-state index in [1.807, 2.05) is 49.7 Å². The number of aryl methyl sites for hydroxylation is 2. The molecule has 0 saturated heterocycles. The fourth-order valence-corrected chi connectivity index (χ4v) is 3.78. The minimum Gasteiger partial charge on any atom is -0.480 e. The van der Waals surface area contributed by atoms with Gasteiger partial charge < -0.3 is 15.2 Å². The van der Waals surface area contributed by atoms with Gasteiger partial charge in [-0.1, -0.05) is 0 Å². The molecular formula is C21H22N6O2S. The van der Waals surface area contributed by atoms with Crippen LogP contribution in [0, 0.1) is 13.8 Å². The van der Waals surface area contributed by atoms with Crippen molar-refractivity contribution in [2.24, 2.45) is 0 Å². The number of nitrogens with zero attached hydrogens (tertiary/aromatic N) is 5. The van der Waals surface area contributed by atoms with Gasteiger partial charge in [-0.05, 0) is 38.1 Å². The predicted molar refractivity (Wildman–Crippen MR) is 117 cm³/mol. The second-order valence-electron chi connectivity index (χ2n) is 6.70. The molecule has 8 nitrogen and oxygen atoms in total. The topological polar surface area (TPSA) is 98.0 Å². The van der Waals surface area contributed by atoms with Crippen LogP contribution in [-0.4, -0.2) is 43.6 Å². The number of pyridine rings is 2. The molecule has 9 heteroatoms. The molecule has 0 unspecified atom stereocenters. The van der Waals surface area contributed by atoms with Crippen molar-refractivity contribution in [3.05, 3.63) is 59.0 Å². The van der Waals surface area contributed by atoms with Crippen molar-refractivity contribution >= 4 is 22.8 Å². The predicted octanol–water partition coefficient (Wildman–Crippen LogP) is 3.69.